The number of hydrogen-bond donors (Lipinski definition) is 1. The highest BCUT2D eigenvalue weighted by Crippen LogP contribution is 2.18. The van der Waals surface area contributed by atoms with E-state index >= 15 is 0 Å². The summed E-state index contributed by atoms with van der Waals surface area (Å²) in [4.78, 5) is 25.4. The van der Waals surface area contributed by atoms with Crippen molar-refractivity contribution in [2.45, 2.75) is 25.8 Å². The lowest BCUT2D eigenvalue weighted by Gasteiger charge is -2.11. The van der Waals surface area contributed by atoms with Crippen LogP contribution < -0.4 is 5.32 Å². The molecule has 0 fully saturated rings. The highest BCUT2D eigenvalue weighted by molar-refractivity contribution is 7.12. The first-order valence-corrected chi connectivity index (χ1v) is 7.82. The minimum Gasteiger partial charge on any atom is -0.349 e. The molecule has 0 saturated heterocycles. The highest BCUT2D eigenvalue weighted by atomic mass is 32.1. The van der Waals surface area contributed by atoms with Gasteiger partial charge in [0.05, 0.1) is 10.9 Å². The van der Waals surface area contributed by atoms with Crippen LogP contribution in [0.1, 0.15) is 40.4 Å². The summed E-state index contributed by atoms with van der Waals surface area (Å²) in [5.74, 6) is -0.0419. The molecule has 5 heteroatoms. The molecule has 0 saturated carbocycles. The fraction of sp³-hybridized carbons (Fsp3) is 0.286. The van der Waals surface area contributed by atoms with Crippen LogP contribution in [0.15, 0.2) is 35.0 Å². The van der Waals surface area contributed by atoms with Gasteiger partial charge in [0.2, 0.25) is 5.91 Å². The summed E-state index contributed by atoms with van der Waals surface area (Å²) >= 11 is 3.03. The van der Waals surface area contributed by atoms with Gasteiger partial charge in [0.25, 0.3) is 0 Å². The molecule has 0 spiro atoms. The standard InChI is InChI=1S/C14H15NO2S2/c1-10(12-4-2-8-18-12)15-14(17)7-6-11(16)13-5-3-9-19-13/h2-5,8-10H,6-7H2,1H3,(H,15,17). The topological polar surface area (TPSA) is 46.2 Å². The molecule has 0 aliphatic heterocycles. The summed E-state index contributed by atoms with van der Waals surface area (Å²) in [7, 11) is 0. The molecule has 2 aromatic heterocycles. The van der Waals surface area contributed by atoms with Crippen LogP contribution >= 0.6 is 22.7 Å². The third-order valence-corrected chi connectivity index (χ3v) is 4.69. The molecule has 0 aromatic carbocycles. The first-order chi connectivity index (χ1) is 9.16. The van der Waals surface area contributed by atoms with Gasteiger partial charge in [-0.25, -0.2) is 0 Å². The maximum absolute atomic E-state index is 11.8. The Morgan fingerprint density at radius 3 is 2.53 bits per heavy atom. The van der Waals surface area contributed by atoms with E-state index in [4.69, 9.17) is 0 Å². The van der Waals surface area contributed by atoms with Gasteiger partial charge in [-0.1, -0.05) is 12.1 Å². The number of carbonyl (C=O) groups is 2. The first-order valence-electron chi connectivity index (χ1n) is 6.06. The van der Waals surface area contributed by atoms with Gasteiger partial charge in [0.1, 0.15) is 0 Å². The fourth-order valence-electron chi connectivity index (χ4n) is 1.71. The van der Waals surface area contributed by atoms with Gasteiger partial charge in [0.15, 0.2) is 5.78 Å². The molecule has 1 unspecified atom stereocenters. The van der Waals surface area contributed by atoms with Crippen molar-refractivity contribution in [2.75, 3.05) is 0 Å². The average Bonchev–Trinajstić information content (AvgIpc) is 3.07. The van der Waals surface area contributed by atoms with Crippen molar-refractivity contribution in [3.05, 3.63) is 44.8 Å². The Kier molecular flexibility index (Phi) is 4.87. The third-order valence-electron chi connectivity index (χ3n) is 2.72. The number of amides is 1. The van der Waals surface area contributed by atoms with Crippen LogP contribution in [0.4, 0.5) is 0 Å². The van der Waals surface area contributed by atoms with Crippen molar-refractivity contribution >= 4 is 34.4 Å². The molecule has 2 aromatic rings. The van der Waals surface area contributed by atoms with Crippen molar-refractivity contribution in [1.29, 1.82) is 0 Å². The number of nitrogens with one attached hydrogen (secondary N) is 1. The predicted molar refractivity (Wildman–Crippen MR) is 78.8 cm³/mol. The summed E-state index contributed by atoms with van der Waals surface area (Å²) in [5, 5.41) is 6.76. The molecule has 2 rings (SSSR count). The van der Waals surface area contributed by atoms with E-state index in [1.54, 1.807) is 17.4 Å². The van der Waals surface area contributed by atoms with E-state index in [0.29, 0.717) is 0 Å². The van der Waals surface area contributed by atoms with Crippen LogP contribution in [0, 0.1) is 0 Å². The molecular weight excluding hydrogens is 278 g/mol. The lowest BCUT2D eigenvalue weighted by atomic mass is 10.1. The van der Waals surface area contributed by atoms with Crippen LogP contribution in [0.2, 0.25) is 0 Å². The van der Waals surface area contributed by atoms with E-state index in [-0.39, 0.29) is 30.6 Å². The lowest BCUT2D eigenvalue weighted by Crippen LogP contribution is -2.26. The second-order valence-electron chi connectivity index (χ2n) is 4.21. The monoisotopic (exact) mass is 293 g/mol. The van der Waals surface area contributed by atoms with E-state index < -0.39 is 0 Å². The van der Waals surface area contributed by atoms with Crippen LogP contribution in [-0.4, -0.2) is 11.7 Å². The summed E-state index contributed by atoms with van der Waals surface area (Å²) in [6, 6.07) is 7.59. The Bertz CT molecular complexity index is 532. The lowest BCUT2D eigenvalue weighted by molar-refractivity contribution is -0.121. The molecule has 1 atom stereocenters. The van der Waals surface area contributed by atoms with Gasteiger partial charge < -0.3 is 5.32 Å². The van der Waals surface area contributed by atoms with Crippen LogP contribution in [0.25, 0.3) is 0 Å². The van der Waals surface area contributed by atoms with Crippen LogP contribution in [0.5, 0.6) is 0 Å². The Balaban J connectivity index is 1.77. The maximum Gasteiger partial charge on any atom is 0.220 e. The minimum atomic E-state index is -0.0780. The molecule has 100 valence electrons. The Labute approximate surface area is 120 Å². The molecule has 3 nitrogen and oxygen atoms in total. The number of thiophene rings is 2. The molecule has 2 heterocycles. The Morgan fingerprint density at radius 1 is 1.16 bits per heavy atom. The zero-order valence-corrected chi connectivity index (χ0v) is 12.2. The van der Waals surface area contributed by atoms with E-state index in [1.165, 1.54) is 11.3 Å². The number of hydrogen-bond acceptors (Lipinski definition) is 4. The second kappa shape index (κ2) is 6.63. The van der Waals surface area contributed by atoms with E-state index in [1.807, 2.05) is 35.9 Å². The zero-order chi connectivity index (χ0) is 13.7. The van der Waals surface area contributed by atoms with Crippen molar-refractivity contribution in [3.8, 4) is 0 Å². The largest absolute Gasteiger partial charge is 0.349 e. The second-order valence-corrected chi connectivity index (χ2v) is 6.13. The van der Waals surface area contributed by atoms with E-state index in [0.717, 1.165) is 9.75 Å². The predicted octanol–water partition coefficient (Wildman–Crippen LogP) is 3.65. The van der Waals surface area contributed by atoms with Gasteiger partial charge in [-0.15, -0.1) is 22.7 Å². The smallest absolute Gasteiger partial charge is 0.220 e. The minimum absolute atomic E-state index is 0.00402. The maximum atomic E-state index is 11.8. The molecule has 1 amide bonds. The Morgan fingerprint density at radius 2 is 1.89 bits per heavy atom. The fourth-order valence-corrected chi connectivity index (χ4v) is 3.14. The molecule has 0 aliphatic rings. The molecule has 1 N–H and O–H groups in total. The number of carbonyl (C=O) groups excluding carboxylic acids is 2. The van der Waals surface area contributed by atoms with Crippen molar-refractivity contribution in [1.82, 2.24) is 5.32 Å². The molecule has 0 radical (unpaired) electrons. The van der Waals surface area contributed by atoms with Gasteiger partial charge in [-0.2, -0.15) is 0 Å². The number of ketones is 1. The summed E-state index contributed by atoms with van der Waals surface area (Å²) in [6.45, 7) is 1.95. The van der Waals surface area contributed by atoms with Crippen LogP contribution in [0.3, 0.4) is 0 Å². The molecule has 19 heavy (non-hydrogen) atoms. The molecule has 0 aliphatic carbocycles. The highest BCUT2D eigenvalue weighted by Gasteiger charge is 2.13. The molecule has 0 bridgehead atoms. The zero-order valence-electron chi connectivity index (χ0n) is 10.6. The molecular formula is C14H15NO2S2. The van der Waals surface area contributed by atoms with Gasteiger partial charge >= 0.3 is 0 Å². The summed E-state index contributed by atoms with van der Waals surface area (Å²) in [5.41, 5.74) is 0. The SMILES string of the molecule is CC(NC(=O)CCC(=O)c1cccs1)c1cccs1. The number of rotatable bonds is 6. The average molecular weight is 293 g/mol. The van der Waals surface area contributed by atoms with Crippen molar-refractivity contribution < 1.29 is 9.59 Å². The van der Waals surface area contributed by atoms with Gasteiger partial charge in [-0.3, -0.25) is 9.59 Å². The van der Waals surface area contributed by atoms with Gasteiger partial charge in [-0.05, 0) is 29.8 Å². The summed E-state index contributed by atoms with van der Waals surface area (Å²) in [6.07, 6.45) is 0.510. The van der Waals surface area contributed by atoms with E-state index in [9.17, 15) is 9.59 Å². The Hall–Kier alpha value is -1.46. The third kappa shape index (κ3) is 4.01. The van der Waals surface area contributed by atoms with Gasteiger partial charge in [0, 0.05) is 17.7 Å². The number of Topliss-reactive ketones (excluding diaryl/α,β-unsaturated/α-hetero) is 1. The quantitative estimate of drug-likeness (QED) is 0.826. The normalized spacial score (nSPS) is 12.1. The van der Waals surface area contributed by atoms with Crippen LogP contribution in [-0.2, 0) is 4.79 Å². The summed E-state index contributed by atoms with van der Waals surface area (Å²) < 4.78 is 0. The van der Waals surface area contributed by atoms with Crippen molar-refractivity contribution in [2.24, 2.45) is 0 Å². The van der Waals surface area contributed by atoms with E-state index in [2.05, 4.69) is 5.32 Å². The first kappa shape index (κ1) is 14.0. The van der Waals surface area contributed by atoms with Crippen molar-refractivity contribution in [3.63, 3.8) is 0 Å².